The van der Waals surface area contributed by atoms with Crippen LogP contribution in [0.1, 0.15) is 13.8 Å². The first-order valence-electron chi connectivity index (χ1n) is 7.37. The highest BCUT2D eigenvalue weighted by Gasteiger charge is 2.18. The van der Waals surface area contributed by atoms with Gasteiger partial charge in [-0.3, -0.25) is 4.79 Å². The van der Waals surface area contributed by atoms with Crippen LogP contribution in [0.5, 0.6) is 11.5 Å². The Morgan fingerprint density at radius 3 is 2.60 bits per heavy atom. The molecule has 25 heavy (non-hydrogen) atoms. The van der Waals surface area contributed by atoms with Crippen molar-refractivity contribution < 1.29 is 18.3 Å². The van der Waals surface area contributed by atoms with Crippen LogP contribution in [0.25, 0.3) is 22.2 Å². The fraction of sp³-hybridized carbons (Fsp3) is 0.250. The molecule has 0 aliphatic heterocycles. The highest BCUT2D eigenvalue weighted by atomic mass is 79.9. The van der Waals surface area contributed by atoms with E-state index in [2.05, 4.69) is 35.8 Å². The van der Waals surface area contributed by atoms with Gasteiger partial charge in [-0.15, -0.1) is 0 Å². The standard InChI is InChI=1S/C16H14BrF2N3O3/c1-7(2)24-11-5-8(3-4-10(11)25-16(18)19)14-13(17)12-9(21-14)6-20-22-15(12)23/h3-7,16,21H,1-2H3,(H,22,23). The predicted molar refractivity (Wildman–Crippen MR) is 92.2 cm³/mol. The Balaban J connectivity index is 2.13. The lowest BCUT2D eigenvalue weighted by molar-refractivity contribution is -0.0518. The quantitative estimate of drug-likeness (QED) is 0.660. The first-order valence-corrected chi connectivity index (χ1v) is 8.17. The van der Waals surface area contributed by atoms with Crippen LogP contribution in [-0.4, -0.2) is 27.9 Å². The molecule has 6 nitrogen and oxygen atoms in total. The number of aromatic amines is 2. The van der Waals surface area contributed by atoms with Crippen LogP contribution in [0, 0.1) is 0 Å². The topological polar surface area (TPSA) is 80.0 Å². The van der Waals surface area contributed by atoms with Gasteiger partial charge in [0.15, 0.2) is 11.5 Å². The van der Waals surface area contributed by atoms with Crippen molar-refractivity contribution in [3.8, 4) is 22.8 Å². The minimum absolute atomic E-state index is 0.0563. The van der Waals surface area contributed by atoms with Crippen molar-refractivity contribution in [1.29, 1.82) is 0 Å². The number of benzene rings is 1. The number of aromatic nitrogens is 3. The van der Waals surface area contributed by atoms with E-state index in [9.17, 15) is 13.6 Å². The maximum atomic E-state index is 12.6. The number of hydrogen-bond donors (Lipinski definition) is 2. The lowest BCUT2D eigenvalue weighted by Crippen LogP contribution is -2.09. The summed E-state index contributed by atoms with van der Waals surface area (Å²) in [7, 11) is 0. The molecular formula is C16H14BrF2N3O3. The van der Waals surface area contributed by atoms with E-state index in [0.717, 1.165) is 0 Å². The van der Waals surface area contributed by atoms with Gasteiger partial charge in [-0.05, 0) is 48.0 Å². The number of fused-ring (bicyclic) bond motifs is 1. The molecule has 3 aromatic rings. The molecule has 2 N–H and O–H groups in total. The third kappa shape index (κ3) is 3.51. The molecule has 0 saturated carbocycles. The summed E-state index contributed by atoms with van der Waals surface area (Å²) in [5.74, 6) is 0.129. The monoisotopic (exact) mass is 413 g/mol. The summed E-state index contributed by atoms with van der Waals surface area (Å²) < 4.78 is 35.8. The molecule has 0 saturated heterocycles. The molecule has 3 rings (SSSR count). The summed E-state index contributed by atoms with van der Waals surface area (Å²) in [6.45, 7) is 0.607. The Bertz CT molecular complexity index is 969. The van der Waals surface area contributed by atoms with Crippen LogP contribution >= 0.6 is 15.9 Å². The first-order chi connectivity index (χ1) is 11.9. The second-order valence-electron chi connectivity index (χ2n) is 5.51. The zero-order valence-corrected chi connectivity index (χ0v) is 14.9. The van der Waals surface area contributed by atoms with Gasteiger partial charge in [-0.2, -0.15) is 13.9 Å². The third-order valence-electron chi connectivity index (χ3n) is 3.37. The molecule has 0 bridgehead atoms. The van der Waals surface area contributed by atoms with Gasteiger partial charge < -0.3 is 14.5 Å². The van der Waals surface area contributed by atoms with Crippen molar-refractivity contribution in [2.75, 3.05) is 0 Å². The average Bonchev–Trinajstić information content (AvgIpc) is 2.86. The summed E-state index contributed by atoms with van der Waals surface area (Å²) in [6, 6.07) is 4.58. The minimum Gasteiger partial charge on any atom is -0.487 e. The molecule has 0 fully saturated rings. The Hall–Kier alpha value is -2.42. The highest BCUT2D eigenvalue weighted by molar-refractivity contribution is 9.10. The molecule has 0 radical (unpaired) electrons. The first kappa shape index (κ1) is 17.4. The number of ether oxygens (including phenoxy) is 2. The SMILES string of the molecule is CC(C)Oc1cc(-c2[nH]c3cn[nH]c(=O)c3c2Br)ccc1OC(F)F. The highest BCUT2D eigenvalue weighted by Crippen LogP contribution is 2.38. The lowest BCUT2D eigenvalue weighted by atomic mass is 10.1. The molecule has 2 aromatic heterocycles. The maximum Gasteiger partial charge on any atom is 0.387 e. The largest absolute Gasteiger partial charge is 0.487 e. The fourth-order valence-corrected chi connectivity index (χ4v) is 3.15. The van der Waals surface area contributed by atoms with Crippen LogP contribution in [0.2, 0.25) is 0 Å². The van der Waals surface area contributed by atoms with E-state index in [0.29, 0.717) is 26.6 Å². The van der Waals surface area contributed by atoms with E-state index in [4.69, 9.17) is 4.74 Å². The van der Waals surface area contributed by atoms with Gasteiger partial charge in [-0.1, -0.05) is 0 Å². The summed E-state index contributed by atoms with van der Waals surface area (Å²) >= 11 is 3.40. The molecule has 0 aliphatic carbocycles. The smallest absolute Gasteiger partial charge is 0.387 e. The van der Waals surface area contributed by atoms with Crippen molar-refractivity contribution >= 4 is 26.8 Å². The van der Waals surface area contributed by atoms with Crippen LogP contribution < -0.4 is 15.0 Å². The Kier molecular flexibility index (Phi) is 4.76. The van der Waals surface area contributed by atoms with Gasteiger partial charge in [0.2, 0.25) is 0 Å². The molecule has 1 aromatic carbocycles. The molecule has 0 amide bonds. The van der Waals surface area contributed by atoms with Crippen LogP contribution in [0.15, 0.2) is 33.7 Å². The minimum atomic E-state index is -2.95. The number of H-pyrrole nitrogens is 2. The number of alkyl halides is 2. The van der Waals surface area contributed by atoms with Crippen molar-refractivity contribution in [3.63, 3.8) is 0 Å². The number of nitrogens with zero attached hydrogens (tertiary/aromatic N) is 1. The fourth-order valence-electron chi connectivity index (χ4n) is 2.43. The normalized spacial score (nSPS) is 11.5. The van der Waals surface area contributed by atoms with Gasteiger partial charge in [0.25, 0.3) is 5.56 Å². The predicted octanol–water partition coefficient (Wildman–Crippen LogP) is 4.07. The van der Waals surface area contributed by atoms with Gasteiger partial charge in [0, 0.05) is 5.56 Å². The van der Waals surface area contributed by atoms with E-state index >= 15 is 0 Å². The number of nitrogens with one attached hydrogen (secondary N) is 2. The van der Waals surface area contributed by atoms with Crippen molar-refractivity contribution in [2.24, 2.45) is 0 Å². The molecule has 0 atom stereocenters. The van der Waals surface area contributed by atoms with Crippen molar-refractivity contribution in [2.45, 2.75) is 26.6 Å². The van der Waals surface area contributed by atoms with E-state index < -0.39 is 6.61 Å². The molecular weight excluding hydrogens is 400 g/mol. The number of halogens is 3. The number of hydrogen-bond acceptors (Lipinski definition) is 4. The summed E-state index contributed by atoms with van der Waals surface area (Å²) in [4.78, 5) is 15.0. The van der Waals surface area contributed by atoms with Crippen molar-refractivity contribution in [1.82, 2.24) is 15.2 Å². The lowest BCUT2D eigenvalue weighted by Gasteiger charge is -2.15. The zero-order valence-electron chi connectivity index (χ0n) is 13.3. The molecule has 0 aliphatic rings. The average molecular weight is 414 g/mol. The van der Waals surface area contributed by atoms with Gasteiger partial charge in [0.1, 0.15) is 0 Å². The molecule has 0 spiro atoms. The van der Waals surface area contributed by atoms with E-state index in [1.165, 1.54) is 12.3 Å². The summed E-state index contributed by atoms with van der Waals surface area (Å²) in [6.07, 6.45) is 1.26. The van der Waals surface area contributed by atoms with Gasteiger partial charge in [0.05, 0.1) is 33.4 Å². The summed E-state index contributed by atoms with van der Waals surface area (Å²) in [5.41, 5.74) is 1.44. The van der Waals surface area contributed by atoms with Gasteiger partial charge >= 0.3 is 6.61 Å². The van der Waals surface area contributed by atoms with Crippen LogP contribution in [0.3, 0.4) is 0 Å². The second-order valence-corrected chi connectivity index (χ2v) is 6.30. The Morgan fingerprint density at radius 1 is 1.20 bits per heavy atom. The number of rotatable bonds is 5. The van der Waals surface area contributed by atoms with Crippen molar-refractivity contribution in [3.05, 3.63) is 39.2 Å². The second kappa shape index (κ2) is 6.83. The Morgan fingerprint density at radius 2 is 1.96 bits per heavy atom. The summed E-state index contributed by atoms with van der Waals surface area (Å²) in [5, 5.41) is 6.53. The zero-order chi connectivity index (χ0) is 18.1. The molecule has 0 unspecified atom stereocenters. The third-order valence-corrected chi connectivity index (χ3v) is 4.16. The van der Waals surface area contributed by atoms with E-state index in [1.807, 2.05) is 0 Å². The van der Waals surface area contributed by atoms with Crippen LogP contribution in [-0.2, 0) is 0 Å². The molecule has 132 valence electrons. The Labute approximate surface area is 149 Å². The van der Waals surface area contributed by atoms with E-state index in [1.54, 1.807) is 26.0 Å². The van der Waals surface area contributed by atoms with Crippen LogP contribution in [0.4, 0.5) is 8.78 Å². The maximum absolute atomic E-state index is 12.6. The van der Waals surface area contributed by atoms with Gasteiger partial charge in [-0.25, -0.2) is 5.10 Å². The molecule has 2 heterocycles. The van der Waals surface area contributed by atoms with E-state index in [-0.39, 0.29) is 23.2 Å². The molecule has 9 heteroatoms.